The first kappa shape index (κ1) is 11.2. The van der Waals surface area contributed by atoms with E-state index in [0.717, 1.165) is 6.54 Å². The van der Waals surface area contributed by atoms with Gasteiger partial charge in [-0.3, -0.25) is 0 Å². The van der Waals surface area contributed by atoms with Crippen molar-refractivity contribution in [2.45, 2.75) is 20.8 Å². The first-order chi connectivity index (χ1) is 4.41. The van der Waals surface area contributed by atoms with Crippen LogP contribution < -0.4 is 5.32 Å². The summed E-state index contributed by atoms with van der Waals surface area (Å²) in [7, 11) is 0. The van der Waals surface area contributed by atoms with Gasteiger partial charge in [-0.15, -0.1) is 0 Å². The molecule has 0 fully saturated rings. The van der Waals surface area contributed by atoms with Crippen LogP contribution in [0.3, 0.4) is 0 Å². The van der Waals surface area contributed by atoms with E-state index in [1.807, 2.05) is 20.8 Å². The smallest absolute Gasteiger partial charge is 0.106 e. The molecule has 0 saturated carbocycles. The van der Waals surface area contributed by atoms with Gasteiger partial charge in [0, 0.05) is 12.6 Å². The molecule has 2 heteroatoms. The second kappa shape index (κ2) is 15.7. The zero-order valence-corrected chi connectivity index (χ0v) is 6.36. The number of aliphatic hydroxyl groups excluding tert-OH is 1. The number of rotatable bonds is 1. The van der Waals surface area contributed by atoms with Crippen LogP contribution in [0, 0.1) is 12.0 Å². The van der Waals surface area contributed by atoms with Crippen LogP contribution in [-0.2, 0) is 0 Å². The van der Waals surface area contributed by atoms with E-state index in [0.29, 0.717) is 0 Å². The minimum absolute atomic E-state index is 0.0625. The molecule has 54 valence electrons. The Morgan fingerprint density at radius 1 is 1.44 bits per heavy atom. The molecule has 9 heavy (non-hydrogen) atoms. The maximum atomic E-state index is 8.08. The minimum atomic E-state index is -0.0625. The Hall–Kier alpha value is -0.680. The predicted octanol–water partition coefficient (Wildman–Crippen LogP) is 0.575. The van der Waals surface area contributed by atoms with Gasteiger partial charge in [0.1, 0.15) is 6.61 Å². The molecule has 2 N–H and O–H groups in total. The molecule has 0 saturated heterocycles. The molecule has 0 aliphatic rings. The highest BCUT2D eigenvalue weighted by Gasteiger charge is 1.61. The van der Waals surface area contributed by atoms with Gasteiger partial charge >= 0.3 is 0 Å². The Morgan fingerprint density at radius 3 is 2.33 bits per heavy atom. The van der Waals surface area contributed by atoms with Crippen molar-refractivity contribution >= 4 is 0 Å². The lowest BCUT2D eigenvalue weighted by atomic mass is 10.7. The fourth-order valence-electron chi connectivity index (χ4n) is 0.190. The van der Waals surface area contributed by atoms with Crippen molar-refractivity contribution in [3.05, 3.63) is 0 Å². The molecule has 0 aliphatic carbocycles. The van der Waals surface area contributed by atoms with Crippen molar-refractivity contribution in [2.24, 2.45) is 0 Å². The summed E-state index contributed by atoms with van der Waals surface area (Å²) in [6.45, 7) is 6.71. The van der Waals surface area contributed by atoms with Crippen LogP contribution in [0.1, 0.15) is 20.8 Å². The van der Waals surface area contributed by atoms with Crippen molar-refractivity contribution in [3.63, 3.8) is 0 Å². The van der Waals surface area contributed by atoms with Crippen molar-refractivity contribution in [1.29, 1.82) is 0 Å². The largest absolute Gasteiger partial charge is 0.384 e. The first-order valence-electron chi connectivity index (χ1n) is 3.23. The molecular formula is C7H15NO. The maximum Gasteiger partial charge on any atom is 0.106 e. The molecule has 0 heterocycles. The van der Waals surface area contributed by atoms with Crippen molar-refractivity contribution in [3.8, 4) is 12.0 Å². The quantitative estimate of drug-likeness (QED) is 0.401. The molecule has 0 bridgehead atoms. The van der Waals surface area contributed by atoms with Crippen LogP contribution in [0.2, 0.25) is 0 Å². The van der Waals surface area contributed by atoms with E-state index < -0.39 is 0 Å². The third-order valence-corrected chi connectivity index (χ3v) is 0.433. The third-order valence-electron chi connectivity index (χ3n) is 0.433. The molecule has 0 unspecified atom stereocenters. The summed E-state index contributed by atoms with van der Waals surface area (Å²) < 4.78 is 0. The fourth-order valence-corrected chi connectivity index (χ4v) is 0.190. The Bertz CT molecular complexity index is 80.7. The standard InChI is InChI=1S/C5H9NO.C2H6/c1-2-6-4-3-5-7;1-2/h6-7H,2,5H2,1H3;1-2H3. The molecule has 0 rings (SSSR count). The van der Waals surface area contributed by atoms with Gasteiger partial charge < -0.3 is 10.4 Å². The lowest BCUT2D eigenvalue weighted by Gasteiger charge is -1.81. The van der Waals surface area contributed by atoms with Gasteiger partial charge in [0.05, 0.1) is 0 Å². The van der Waals surface area contributed by atoms with E-state index in [1.165, 1.54) is 0 Å². The SMILES string of the molecule is CC.CCNC#CCO. The Morgan fingerprint density at radius 2 is 2.00 bits per heavy atom. The van der Waals surface area contributed by atoms with Gasteiger partial charge in [0.25, 0.3) is 0 Å². The summed E-state index contributed by atoms with van der Waals surface area (Å²) in [6, 6.07) is 2.53. The van der Waals surface area contributed by atoms with Crippen LogP contribution in [0.25, 0.3) is 0 Å². The lowest BCUT2D eigenvalue weighted by Crippen LogP contribution is -2.02. The Labute approximate surface area is 57.3 Å². The van der Waals surface area contributed by atoms with Gasteiger partial charge in [-0.25, -0.2) is 0 Å². The topological polar surface area (TPSA) is 32.3 Å². The van der Waals surface area contributed by atoms with Crippen molar-refractivity contribution < 1.29 is 5.11 Å². The second-order valence-corrected chi connectivity index (χ2v) is 0.990. The highest BCUT2D eigenvalue weighted by Crippen LogP contribution is 1.48. The molecule has 0 atom stereocenters. The van der Waals surface area contributed by atoms with Crippen molar-refractivity contribution in [1.82, 2.24) is 5.32 Å². The molecule has 0 aliphatic heterocycles. The van der Waals surface area contributed by atoms with Gasteiger partial charge in [-0.05, 0) is 6.92 Å². The molecule has 0 aromatic heterocycles. The van der Waals surface area contributed by atoms with Crippen LogP contribution in [0.4, 0.5) is 0 Å². The van der Waals surface area contributed by atoms with Crippen LogP contribution in [-0.4, -0.2) is 18.3 Å². The van der Waals surface area contributed by atoms with E-state index in [9.17, 15) is 0 Å². The van der Waals surface area contributed by atoms with E-state index in [2.05, 4.69) is 17.3 Å². The lowest BCUT2D eigenvalue weighted by molar-refractivity contribution is 0.350. The van der Waals surface area contributed by atoms with Crippen LogP contribution in [0.5, 0.6) is 0 Å². The average Bonchev–Trinajstić information content (AvgIpc) is 1.94. The zero-order chi connectivity index (χ0) is 7.54. The first-order valence-corrected chi connectivity index (χ1v) is 3.23. The van der Waals surface area contributed by atoms with E-state index in [4.69, 9.17) is 5.11 Å². The number of nitrogens with one attached hydrogen (secondary N) is 1. The molecule has 0 aromatic carbocycles. The highest BCUT2D eigenvalue weighted by molar-refractivity contribution is 4.95. The molecule has 0 aromatic rings. The van der Waals surface area contributed by atoms with Gasteiger partial charge in [0.15, 0.2) is 0 Å². The van der Waals surface area contributed by atoms with Gasteiger partial charge in [0.2, 0.25) is 0 Å². The van der Waals surface area contributed by atoms with Crippen LogP contribution >= 0.6 is 0 Å². The third kappa shape index (κ3) is 18.8. The van der Waals surface area contributed by atoms with E-state index >= 15 is 0 Å². The predicted molar refractivity (Wildman–Crippen MR) is 39.9 cm³/mol. The van der Waals surface area contributed by atoms with E-state index in [1.54, 1.807) is 0 Å². The average molecular weight is 129 g/mol. The summed E-state index contributed by atoms with van der Waals surface area (Å²) in [5.41, 5.74) is 0. The fraction of sp³-hybridized carbons (Fsp3) is 0.714. The van der Waals surface area contributed by atoms with Crippen LogP contribution in [0.15, 0.2) is 0 Å². The molecule has 2 nitrogen and oxygen atoms in total. The molecule has 0 spiro atoms. The number of aliphatic hydroxyl groups is 1. The monoisotopic (exact) mass is 129 g/mol. The Kier molecular flexibility index (Phi) is 19.4. The molecular weight excluding hydrogens is 114 g/mol. The highest BCUT2D eigenvalue weighted by atomic mass is 16.2. The maximum absolute atomic E-state index is 8.08. The number of hydrogen-bond donors (Lipinski definition) is 2. The molecule has 0 amide bonds. The van der Waals surface area contributed by atoms with Gasteiger partial charge in [-0.2, -0.15) is 0 Å². The minimum Gasteiger partial charge on any atom is -0.384 e. The summed E-state index contributed by atoms with van der Waals surface area (Å²) in [4.78, 5) is 0. The second-order valence-electron chi connectivity index (χ2n) is 0.990. The van der Waals surface area contributed by atoms with Crippen molar-refractivity contribution in [2.75, 3.05) is 13.2 Å². The van der Waals surface area contributed by atoms with E-state index in [-0.39, 0.29) is 6.61 Å². The summed E-state index contributed by atoms with van der Waals surface area (Å²) >= 11 is 0. The molecule has 0 radical (unpaired) electrons. The zero-order valence-electron chi connectivity index (χ0n) is 6.36. The summed E-state index contributed by atoms with van der Waals surface area (Å²) in [6.07, 6.45) is 0. The van der Waals surface area contributed by atoms with Gasteiger partial charge in [-0.1, -0.05) is 19.8 Å². The number of hydrogen-bond acceptors (Lipinski definition) is 2. The summed E-state index contributed by atoms with van der Waals surface area (Å²) in [5, 5.41) is 10.8. The Balaban J connectivity index is 0. The summed E-state index contributed by atoms with van der Waals surface area (Å²) in [5.74, 6) is 2.44. The normalized spacial score (nSPS) is 5.78.